The summed E-state index contributed by atoms with van der Waals surface area (Å²) in [6, 6.07) is 15.9. The maximum absolute atomic E-state index is 9.41. The molecule has 1 atom stereocenters. The molecule has 3 heterocycles. The van der Waals surface area contributed by atoms with Crippen LogP contribution < -0.4 is 15.5 Å². The summed E-state index contributed by atoms with van der Waals surface area (Å²) < 4.78 is 5.30. The van der Waals surface area contributed by atoms with Crippen LogP contribution in [-0.4, -0.2) is 53.8 Å². The van der Waals surface area contributed by atoms with Gasteiger partial charge in [-0.1, -0.05) is 23.4 Å². The quantitative estimate of drug-likeness (QED) is 0.452. The monoisotopic (exact) mass is 430 g/mol. The van der Waals surface area contributed by atoms with Crippen LogP contribution in [0.15, 0.2) is 58.2 Å². The Bertz CT molecular complexity index is 1090. The maximum atomic E-state index is 9.41. The summed E-state index contributed by atoms with van der Waals surface area (Å²) in [5, 5.41) is 20.3. The molecule has 2 aromatic heterocycles. The van der Waals surface area contributed by atoms with Crippen LogP contribution in [0.2, 0.25) is 0 Å². The molecule has 1 unspecified atom stereocenters. The lowest BCUT2D eigenvalue weighted by Gasteiger charge is -2.35. The highest BCUT2D eigenvalue weighted by Crippen LogP contribution is 2.23. The van der Waals surface area contributed by atoms with E-state index in [1.807, 2.05) is 42.5 Å². The second-order valence-electron chi connectivity index (χ2n) is 7.54. The van der Waals surface area contributed by atoms with E-state index in [4.69, 9.17) is 4.52 Å². The Hall–Kier alpha value is -3.93. The minimum absolute atomic E-state index is 0.239. The average molecular weight is 431 g/mol. The van der Waals surface area contributed by atoms with Crippen LogP contribution in [0.4, 0.5) is 5.69 Å². The van der Waals surface area contributed by atoms with Gasteiger partial charge in [-0.2, -0.15) is 10.2 Å². The van der Waals surface area contributed by atoms with Crippen LogP contribution in [0.1, 0.15) is 24.2 Å². The number of guanidine groups is 1. The van der Waals surface area contributed by atoms with Crippen LogP contribution in [-0.2, 0) is 6.42 Å². The van der Waals surface area contributed by atoms with E-state index < -0.39 is 0 Å². The van der Waals surface area contributed by atoms with E-state index in [0.717, 1.165) is 37.6 Å². The molecule has 1 aliphatic heterocycles. The highest BCUT2D eigenvalue weighted by atomic mass is 16.5. The first-order chi connectivity index (χ1) is 15.8. The molecular weight excluding hydrogens is 404 g/mol. The van der Waals surface area contributed by atoms with Crippen molar-refractivity contribution in [2.75, 3.05) is 31.6 Å². The van der Waals surface area contributed by atoms with Crippen LogP contribution in [0.5, 0.6) is 0 Å². The van der Waals surface area contributed by atoms with E-state index in [0.29, 0.717) is 35.9 Å². The molecule has 164 valence electrons. The Morgan fingerprint density at radius 3 is 2.97 bits per heavy atom. The number of hydrogen-bond acceptors (Lipinski definition) is 7. The van der Waals surface area contributed by atoms with Crippen LogP contribution >= 0.6 is 0 Å². The molecule has 0 spiro atoms. The zero-order valence-electron chi connectivity index (χ0n) is 18.0. The molecule has 0 saturated carbocycles. The van der Waals surface area contributed by atoms with Crippen molar-refractivity contribution in [1.82, 2.24) is 25.8 Å². The number of aromatic nitrogens is 3. The van der Waals surface area contributed by atoms with Gasteiger partial charge in [0.15, 0.2) is 11.8 Å². The molecule has 0 amide bonds. The molecule has 0 radical (unpaired) electrons. The fourth-order valence-electron chi connectivity index (χ4n) is 3.79. The van der Waals surface area contributed by atoms with Crippen LogP contribution in [0.25, 0.3) is 11.6 Å². The van der Waals surface area contributed by atoms with Crippen LogP contribution in [0.3, 0.4) is 0 Å². The van der Waals surface area contributed by atoms with Crippen molar-refractivity contribution in [2.45, 2.75) is 25.3 Å². The Balaban J connectivity index is 1.28. The van der Waals surface area contributed by atoms with Gasteiger partial charge in [0, 0.05) is 45.3 Å². The number of aliphatic imine (C=N–C) groups is 1. The molecule has 0 bridgehead atoms. The lowest BCUT2D eigenvalue weighted by atomic mass is 10.0. The smallest absolute Gasteiger partial charge is 0.276 e. The standard InChI is InChI=1S/C23H26N8O/c1-25-23(27-13-11-21-29-22(32-30-21)19-9-4-5-12-26-19)28-18-8-6-14-31(16-18)20-10-3-2-7-17(20)15-24/h2-5,7,9-10,12,18H,6,8,11,13-14,16H2,1H3,(H2,25,27,28). The Kier molecular flexibility index (Phi) is 6.92. The van der Waals surface area contributed by atoms with Crippen LogP contribution in [0, 0.1) is 11.3 Å². The second-order valence-corrected chi connectivity index (χ2v) is 7.54. The van der Waals surface area contributed by atoms with Gasteiger partial charge in [-0.3, -0.25) is 9.98 Å². The first kappa shape index (κ1) is 21.3. The molecule has 1 saturated heterocycles. The molecule has 2 N–H and O–H groups in total. The van der Waals surface area contributed by atoms with Gasteiger partial charge < -0.3 is 20.1 Å². The molecule has 32 heavy (non-hydrogen) atoms. The van der Waals surface area contributed by atoms with Gasteiger partial charge in [0.2, 0.25) is 0 Å². The number of benzene rings is 1. The molecule has 3 aromatic rings. The fraction of sp³-hybridized carbons (Fsp3) is 0.348. The molecule has 0 aliphatic carbocycles. The Morgan fingerprint density at radius 1 is 1.28 bits per heavy atom. The van der Waals surface area contributed by atoms with Gasteiger partial charge in [0.05, 0.1) is 11.3 Å². The predicted molar refractivity (Wildman–Crippen MR) is 122 cm³/mol. The highest BCUT2D eigenvalue weighted by Gasteiger charge is 2.22. The first-order valence-corrected chi connectivity index (χ1v) is 10.7. The summed E-state index contributed by atoms with van der Waals surface area (Å²) in [5.74, 6) is 1.77. The summed E-state index contributed by atoms with van der Waals surface area (Å²) in [6.45, 7) is 2.38. The molecular formula is C23H26N8O. The van der Waals surface area contributed by atoms with Crippen molar-refractivity contribution in [3.63, 3.8) is 0 Å². The highest BCUT2D eigenvalue weighted by molar-refractivity contribution is 5.80. The third-order valence-electron chi connectivity index (χ3n) is 5.34. The van der Waals surface area contributed by atoms with Gasteiger partial charge in [-0.15, -0.1) is 0 Å². The molecule has 1 fully saturated rings. The molecule has 1 aliphatic rings. The van der Waals surface area contributed by atoms with E-state index in [2.05, 4.69) is 41.7 Å². The number of anilines is 1. The third kappa shape index (κ3) is 5.21. The topological polar surface area (TPSA) is 115 Å². The Morgan fingerprint density at radius 2 is 2.16 bits per heavy atom. The van der Waals surface area contributed by atoms with Crippen molar-refractivity contribution in [3.05, 3.63) is 60.0 Å². The van der Waals surface area contributed by atoms with Gasteiger partial charge in [0.25, 0.3) is 5.89 Å². The first-order valence-electron chi connectivity index (χ1n) is 10.7. The van der Waals surface area contributed by atoms with Gasteiger partial charge in [0.1, 0.15) is 11.8 Å². The zero-order valence-corrected chi connectivity index (χ0v) is 18.0. The third-order valence-corrected chi connectivity index (χ3v) is 5.34. The predicted octanol–water partition coefficient (Wildman–Crippen LogP) is 2.38. The SMILES string of the molecule is CN=C(NCCc1noc(-c2ccccn2)n1)NC1CCCN(c2ccccc2C#N)C1. The average Bonchev–Trinajstić information content (AvgIpc) is 3.33. The maximum Gasteiger partial charge on any atom is 0.276 e. The van der Waals surface area contributed by atoms with Crippen molar-refractivity contribution in [2.24, 2.45) is 4.99 Å². The number of nitriles is 1. The lowest BCUT2D eigenvalue weighted by Crippen LogP contribution is -2.51. The van der Waals surface area contributed by atoms with Gasteiger partial charge in [-0.05, 0) is 37.1 Å². The summed E-state index contributed by atoms with van der Waals surface area (Å²) >= 11 is 0. The summed E-state index contributed by atoms with van der Waals surface area (Å²) in [4.78, 5) is 15.2. The van der Waals surface area contributed by atoms with E-state index >= 15 is 0 Å². The molecule has 9 nitrogen and oxygen atoms in total. The number of rotatable bonds is 6. The summed E-state index contributed by atoms with van der Waals surface area (Å²) in [5.41, 5.74) is 2.36. The van der Waals surface area contributed by atoms with Crippen molar-refractivity contribution < 1.29 is 4.52 Å². The van der Waals surface area contributed by atoms with Crippen molar-refractivity contribution in [1.29, 1.82) is 5.26 Å². The number of piperidine rings is 1. The second kappa shape index (κ2) is 10.4. The number of pyridine rings is 1. The fourth-order valence-corrected chi connectivity index (χ4v) is 3.79. The van der Waals surface area contributed by atoms with E-state index in [-0.39, 0.29) is 6.04 Å². The largest absolute Gasteiger partial charge is 0.368 e. The number of nitrogens with zero attached hydrogens (tertiary/aromatic N) is 6. The van der Waals surface area contributed by atoms with Gasteiger partial charge in [-0.25, -0.2) is 0 Å². The number of hydrogen-bond donors (Lipinski definition) is 2. The molecule has 9 heteroatoms. The lowest BCUT2D eigenvalue weighted by molar-refractivity contribution is 0.421. The van der Waals surface area contributed by atoms with Crippen molar-refractivity contribution >= 4 is 11.6 Å². The Labute approximate surface area is 187 Å². The normalized spacial score (nSPS) is 16.4. The zero-order chi connectivity index (χ0) is 22.2. The minimum Gasteiger partial charge on any atom is -0.368 e. The van der Waals surface area contributed by atoms with Gasteiger partial charge >= 0.3 is 0 Å². The summed E-state index contributed by atoms with van der Waals surface area (Å²) in [6.07, 6.45) is 4.39. The number of nitrogens with one attached hydrogen (secondary N) is 2. The number of para-hydroxylation sites is 1. The van der Waals surface area contributed by atoms with E-state index in [1.165, 1.54) is 0 Å². The molecule has 4 rings (SSSR count). The van der Waals surface area contributed by atoms with E-state index in [1.54, 1.807) is 13.2 Å². The summed E-state index contributed by atoms with van der Waals surface area (Å²) in [7, 11) is 1.76. The van der Waals surface area contributed by atoms with E-state index in [9.17, 15) is 5.26 Å². The molecule has 1 aromatic carbocycles. The van der Waals surface area contributed by atoms with Crippen molar-refractivity contribution in [3.8, 4) is 17.7 Å². The minimum atomic E-state index is 0.239.